The minimum atomic E-state index is -1.06. The first kappa shape index (κ1) is 28.4. The zero-order valence-corrected chi connectivity index (χ0v) is 21.7. The Morgan fingerprint density at radius 3 is 2.32 bits per heavy atom. The molecule has 0 aliphatic heterocycles. The molecule has 0 fully saturated rings. The van der Waals surface area contributed by atoms with E-state index in [2.05, 4.69) is 21.2 Å². The zero-order chi connectivity index (χ0) is 27.5. The van der Waals surface area contributed by atoms with Crippen LogP contribution in [0.25, 0.3) is 10.9 Å². The van der Waals surface area contributed by atoms with Gasteiger partial charge in [-0.2, -0.15) is 0 Å². The van der Waals surface area contributed by atoms with Gasteiger partial charge in [0.1, 0.15) is 38.6 Å². The van der Waals surface area contributed by atoms with Crippen LogP contribution in [0.5, 0.6) is 11.5 Å². The highest BCUT2D eigenvalue weighted by Crippen LogP contribution is 2.35. The Hall–Kier alpha value is -4.20. The maximum absolute atomic E-state index is 12.0. The van der Waals surface area contributed by atoms with Crippen LogP contribution in [0.3, 0.4) is 0 Å². The normalized spacial score (nSPS) is 11.1. The molecule has 0 spiro atoms. The molecule has 3 aromatic rings. The van der Waals surface area contributed by atoms with E-state index < -0.39 is 18.0 Å². The van der Waals surface area contributed by atoms with Crippen LogP contribution < -0.4 is 14.8 Å². The second-order valence-corrected chi connectivity index (χ2v) is 9.26. The lowest BCUT2D eigenvalue weighted by Crippen LogP contribution is -2.25. The van der Waals surface area contributed by atoms with Gasteiger partial charge in [-0.25, -0.2) is 14.8 Å². The molecule has 2 aromatic carbocycles. The van der Waals surface area contributed by atoms with Crippen molar-refractivity contribution < 1.29 is 33.6 Å². The Labute approximate surface area is 221 Å². The summed E-state index contributed by atoms with van der Waals surface area (Å²) in [5, 5.41) is 12.7. The monoisotopic (exact) mass is 521 g/mol. The van der Waals surface area contributed by atoms with Gasteiger partial charge in [-0.1, -0.05) is 32.8 Å². The van der Waals surface area contributed by atoms with Gasteiger partial charge in [0.25, 0.3) is 0 Å². The van der Waals surface area contributed by atoms with E-state index in [4.69, 9.17) is 30.5 Å². The summed E-state index contributed by atoms with van der Waals surface area (Å²) in [6, 6.07) is 10.8. The summed E-state index contributed by atoms with van der Waals surface area (Å²) in [5.41, 5.74) is 1.60. The third-order valence-electron chi connectivity index (χ3n) is 5.26. The van der Waals surface area contributed by atoms with Crippen molar-refractivity contribution in [1.82, 2.24) is 9.97 Å². The predicted molar refractivity (Wildman–Crippen MR) is 142 cm³/mol. The first-order valence-electron chi connectivity index (χ1n) is 12.0. The topological polar surface area (TPSA) is 129 Å². The number of rotatable bonds is 14. The number of ketones is 1. The number of carbonyl (C=O) groups excluding carboxylic acids is 1. The molecule has 0 unspecified atom stereocenters. The third kappa shape index (κ3) is 8.44. The van der Waals surface area contributed by atoms with Gasteiger partial charge in [0.2, 0.25) is 0 Å². The number of aromatic nitrogens is 2. The van der Waals surface area contributed by atoms with Crippen molar-refractivity contribution in [3.8, 4) is 23.8 Å². The molecule has 0 bridgehead atoms. The summed E-state index contributed by atoms with van der Waals surface area (Å²) in [6.45, 7) is 5.61. The van der Waals surface area contributed by atoms with E-state index in [1.165, 1.54) is 6.33 Å². The molecule has 1 heterocycles. The first-order chi connectivity index (χ1) is 18.2. The summed E-state index contributed by atoms with van der Waals surface area (Å²) in [7, 11) is 0. The number of terminal acetylenes is 1. The molecule has 10 heteroatoms. The Balaban J connectivity index is 1.78. The summed E-state index contributed by atoms with van der Waals surface area (Å²) in [4.78, 5) is 31.5. The van der Waals surface area contributed by atoms with Crippen LogP contribution in [0, 0.1) is 17.8 Å². The highest BCUT2D eigenvalue weighted by Gasteiger charge is 2.21. The van der Waals surface area contributed by atoms with Crippen molar-refractivity contribution in [2.45, 2.75) is 20.8 Å². The van der Waals surface area contributed by atoms with Crippen LogP contribution in [-0.2, 0) is 19.1 Å². The van der Waals surface area contributed by atoms with Crippen LogP contribution in [0.2, 0.25) is 0 Å². The molecular formula is C28H31N3O7. The molecule has 0 saturated carbocycles. The largest absolute Gasteiger partial charge is 0.487 e. The average molecular weight is 522 g/mol. The Morgan fingerprint density at radius 1 is 0.974 bits per heavy atom. The molecular weight excluding hydrogens is 490 g/mol. The molecule has 0 radical (unpaired) electrons. The van der Waals surface area contributed by atoms with Crippen LogP contribution in [0.1, 0.15) is 26.3 Å². The van der Waals surface area contributed by atoms with E-state index in [1.54, 1.807) is 12.1 Å². The van der Waals surface area contributed by atoms with E-state index in [-0.39, 0.29) is 38.8 Å². The van der Waals surface area contributed by atoms with Gasteiger partial charge in [0.15, 0.2) is 17.3 Å². The summed E-state index contributed by atoms with van der Waals surface area (Å²) in [5.74, 6) is 2.86. The van der Waals surface area contributed by atoms with Gasteiger partial charge in [0.05, 0.1) is 18.7 Å². The van der Waals surface area contributed by atoms with Crippen LogP contribution in [0.15, 0.2) is 42.7 Å². The van der Waals surface area contributed by atoms with E-state index in [0.717, 1.165) is 11.3 Å². The van der Waals surface area contributed by atoms with Crippen molar-refractivity contribution in [1.29, 1.82) is 0 Å². The fraction of sp³-hybridized carbons (Fsp3) is 0.357. The molecule has 3 rings (SSSR count). The number of carboxylic acids is 1. The number of nitrogens with zero attached hydrogens (tertiary/aromatic N) is 2. The third-order valence-corrected chi connectivity index (χ3v) is 5.26. The Kier molecular flexibility index (Phi) is 9.99. The number of carbonyl (C=O) groups is 2. The van der Waals surface area contributed by atoms with Crippen LogP contribution in [0.4, 0.5) is 11.5 Å². The molecule has 1 aromatic heterocycles. The number of carboxylic acid groups (broad SMARTS) is 1. The number of aliphatic carboxylic acids is 1. The van der Waals surface area contributed by atoms with Crippen LogP contribution in [-0.4, -0.2) is 66.5 Å². The number of fused-ring (bicyclic) bond motifs is 1. The fourth-order valence-corrected chi connectivity index (χ4v) is 3.17. The average Bonchev–Trinajstić information content (AvgIpc) is 2.87. The lowest BCUT2D eigenvalue weighted by Gasteiger charge is -2.17. The minimum Gasteiger partial charge on any atom is -0.487 e. The number of ether oxygens (including phenoxy) is 4. The van der Waals surface area contributed by atoms with Crippen molar-refractivity contribution in [2.75, 3.05) is 45.0 Å². The number of hydrogen-bond donors (Lipinski definition) is 2. The second-order valence-electron chi connectivity index (χ2n) is 9.26. The molecule has 200 valence electrons. The number of benzene rings is 2. The highest BCUT2D eigenvalue weighted by atomic mass is 16.6. The number of anilines is 2. The lowest BCUT2D eigenvalue weighted by atomic mass is 9.91. The minimum absolute atomic E-state index is 0.00176. The quantitative estimate of drug-likeness (QED) is 0.238. The standard InChI is InChI=1S/C28H31N3O7/c1-5-19-7-6-8-20(13-19)31-27-21-14-23(37-12-10-36-17-26(33)34)24(15-22(21)29-18-30-27)38-11-9-35-16-25(32)28(2,3)4/h1,6-8,13-15,18H,9-12,16-17H2,2-4H3,(H,33,34)(H,29,30,31). The molecule has 0 aliphatic rings. The number of Topliss-reactive ketones (excluding diaryl/α,β-unsaturated/α-hetero) is 1. The van der Waals surface area contributed by atoms with E-state index in [0.29, 0.717) is 28.2 Å². The van der Waals surface area contributed by atoms with Crippen LogP contribution >= 0.6 is 0 Å². The van der Waals surface area contributed by atoms with Gasteiger partial charge < -0.3 is 29.4 Å². The van der Waals surface area contributed by atoms with Gasteiger partial charge >= 0.3 is 5.97 Å². The second kappa shape index (κ2) is 13.4. The maximum Gasteiger partial charge on any atom is 0.329 e. The molecule has 0 aliphatic carbocycles. The molecule has 0 saturated heterocycles. The Bertz CT molecular complexity index is 1310. The van der Waals surface area contributed by atoms with Crippen molar-refractivity contribution in [3.63, 3.8) is 0 Å². The van der Waals surface area contributed by atoms with E-state index in [9.17, 15) is 9.59 Å². The maximum atomic E-state index is 12.0. The Morgan fingerprint density at radius 2 is 1.66 bits per heavy atom. The van der Waals surface area contributed by atoms with Gasteiger partial charge in [-0.3, -0.25) is 4.79 Å². The molecule has 38 heavy (non-hydrogen) atoms. The summed E-state index contributed by atoms with van der Waals surface area (Å²) >= 11 is 0. The van der Waals surface area contributed by atoms with E-state index in [1.807, 2.05) is 45.0 Å². The number of hydrogen-bond acceptors (Lipinski definition) is 9. The molecule has 0 atom stereocenters. The van der Waals surface area contributed by atoms with Crippen molar-refractivity contribution >= 4 is 34.2 Å². The molecule has 10 nitrogen and oxygen atoms in total. The smallest absolute Gasteiger partial charge is 0.329 e. The first-order valence-corrected chi connectivity index (χ1v) is 12.0. The van der Waals surface area contributed by atoms with Gasteiger partial charge in [-0.15, -0.1) is 6.42 Å². The van der Waals surface area contributed by atoms with Gasteiger partial charge in [0, 0.05) is 28.1 Å². The SMILES string of the molecule is C#Cc1cccc(Nc2ncnc3cc(OCCOCC(=O)C(C)(C)C)c(OCCOCC(=O)O)cc23)c1. The summed E-state index contributed by atoms with van der Waals surface area (Å²) in [6.07, 6.45) is 6.95. The number of nitrogens with one attached hydrogen (secondary N) is 1. The molecule has 0 amide bonds. The highest BCUT2D eigenvalue weighted by molar-refractivity contribution is 5.93. The van der Waals surface area contributed by atoms with Crippen molar-refractivity contribution in [2.24, 2.45) is 5.41 Å². The predicted octanol–water partition coefficient (Wildman–Crippen LogP) is 3.85. The zero-order valence-electron chi connectivity index (χ0n) is 21.7. The fourth-order valence-electron chi connectivity index (χ4n) is 3.17. The summed E-state index contributed by atoms with van der Waals surface area (Å²) < 4.78 is 22.3. The molecule has 2 N–H and O–H groups in total. The van der Waals surface area contributed by atoms with E-state index >= 15 is 0 Å². The van der Waals surface area contributed by atoms with Crippen molar-refractivity contribution in [3.05, 3.63) is 48.3 Å². The van der Waals surface area contributed by atoms with Gasteiger partial charge in [-0.05, 0) is 24.3 Å². The lowest BCUT2D eigenvalue weighted by molar-refractivity contribution is -0.142.